The fourth-order valence-electron chi connectivity index (χ4n) is 2.61. The van der Waals surface area contributed by atoms with Crippen molar-refractivity contribution < 1.29 is 4.74 Å². The van der Waals surface area contributed by atoms with E-state index in [0.29, 0.717) is 0 Å². The van der Waals surface area contributed by atoms with Gasteiger partial charge in [-0.05, 0) is 34.9 Å². The lowest BCUT2D eigenvalue weighted by atomic mass is 10.2. The Morgan fingerprint density at radius 2 is 2.23 bits per heavy atom. The fraction of sp³-hybridized carbons (Fsp3) is 0.533. The van der Waals surface area contributed by atoms with Gasteiger partial charge in [0.2, 0.25) is 5.16 Å². The van der Waals surface area contributed by atoms with Crippen molar-refractivity contribution in [3.05, 3.63) is 29.8 Å². The second kappa shape index (κ2) is 7.11. The predicted octanol–water partition coefficient (Wildman–Crippen LogP) is 2.21. The lowest BCUT2D eigenvalue weighted by Crippen LogP contribution is -2.17. The van der Waals surface area contributed by atoms with Crippen molar-refractivity contribution in [1.82, 2.24) is 20.2 Å². The van der Waals surface area contributed by atoms with Crippen molar-refractivity contribution in [2.45, 2.75) is 36.4 Å². The Morgan fingerprint density at radius 3 is 3.00 bits per heavy atom. The molecule has 0 N–H and O–H groups in total. The molecular formula is C15H21N5OS. The summed E-state index contributed by atoms with van der Waals surface area (Å²) in [5.74, 6) is 0.847. The van der Waals surface area contributed by atoms with Gasteiger partial charge in [-0.1, -0.05) is 30.0 Å². The van der Waals surface area contributed by atoms with Gasteiger partial charge >= 0.3 is 0 Å². The highest BCUT2D eigenvalue weighted by molar-refractivity contribution is 7.98. The highest BCUT2D eigenvalue weighted by atomic mass is 32.2. The van der Waals surface area contributed by atoms with E-state index < -0.39 is 0 Å². The zero-order valence-corrected chi connectivity index (χ0v) is 13.8. The average molecular weight is 319 g/mol. The summed E-state index contributed by atoms with van der Waals surface area (Å²) in [5.41, 5.74) is 2.51. The molecule has 1 saturated heterocycles. The minimum Gasteiger partial charge on any atom is -0.377 e. The number of para-hydroxylation sites is 1. The van der Waals surface area contributed by atoms with E-state index in [1.54, 1.807) is 11.8 Å². The zero-order valence-electron chi connectivity index (χ0n) is 13.0. The largest absolute Gasteiger partial charge is 0.377 e. The van der Waals surface area contributed by atoms with E-state index in [1.807, 2.05) is 4.68 Å². The first-order valence-electron chi connectivity index (χ1n) is 7.50. The van der Waals surface area contributed by atoms with Crippen LogP contribution in [-0.4, -0.2) is 47.0 Å². The first-order chi connectivity index (χ1) is 10.7. The van der Waals surface area contributed by atoms with Gasteiger partial charge in [0.1, 0.15) is 0 Å². The number of thioether (sulfide) groups is 1. The second-order valence-corrected chi connectivity index (χ2v) is 6.53. The van der Waals surface area contributed by atoms with Crippen LogP contribution in [0.25, 0.3) is 0 Å². The molecule has 0 spiro atoms. The average Bonchev–Trinajstić information content (AvgIpc) is 3.18. The second-order valence-electron chi connectivity index (χ2n) is 5.59. The summed E-state index contributed by atoms with van der Waals surface area (Å²) in [7, 11) is 4.12. The third kappa shape index (κ3) is 3.59. The van der Waals surface area contributed by atoms with Crippen molar-refractivity contribution in [3.63, 3.8) is 0 Å². The van der Waals surface area contributed by atoms with Crippen LogP contribution in [0.2, 0.25) is 0 Å². The molecule has 1 aromatic carbocycles. The number of anilines is 1. The van der Waals surface area contributed by atoms with Gasteiger partial charge in [-0.2, -0.15) is 0 Å². The maximum absolute atomic E-state index is 5.66. The van der Waals surface area contributed by atoms with Crippen LogP contribution >= 0.6 is 11.8 Å². The van der Waals surface area contributed by atoms with E-state index in [2.05, 4.69) is 58.8 Å². The van der Waals surface area contributed by atoms with Crippen LogP contribution in [0.5, 0.6) is 0 Å². The molecule has 0 saturated carbocycles. The van der Waals surface area contributed by atoms with E-state index in [4.69, 9.17) is 4.74 Å². The third-order valence-corrected chi connectivity index (χ3v) is 4.74. The smallest absolute Gasteiger partial charge is 0.209 e. The van der Waals surface area contributed by atoms with Crippen LogP contribution in [0.4, 0.5) is 5.69 Å². The summed E-state index contributed by atoms with van der Waals surface area (Å²) in [4.78, 5) is 2.13. The number of hydrogen-bond acceptors (Lipinski definition) is 6. The topological polar surface area (TPSA) is 56.1 Å². The van der Waals surface area contributed by atoms with Crippen molar-refractivity contribution in [2.24, 2.45) is 0 Å². The molecule has 0 amide bonds. The monoisotopic (exact) mass is 319 g/mol. The van der Waals surface area contributed by atoms with Gasteiger partial charge in [-0.15, -0.1) is 5.10 Å². The van der Waals surface area contributed by atoms with Crippen LogP contribution in [0.15, 0.2) is 29.4 Å². The predicted molar refractivity (Wildman–Crippen MR) is 87.1 cm³/mol. The molecule has 0 radical (unpaired) electrons. The molecule has 1 aromatic heterocycles. The first kappa shape index (κ1) is 15.3. The summed E-state index contributed by atoms with van der Waals surface area (Å²) in [6.07, 6.45) is 2.47. The highest BCUT2D eigenvalue weighted by Gasteiger charge is 2.19. The molecule has 1 atom stereocenters. The lowest BCUT2D eigenvalue weighted by Gasteiger charge is -2.17. The van der Waals surface area contributed by atoms with Crippen molar-refractivity contribution in [2.75, 3.05) is 25.6 Å². The first-order valence-corrected chi connectivity index (χ1v) is 8.48. The molecule has 1 unspecified atom stereocenters. The molecular weight excluding hydrogens is 298 g/mol. The Labute approximate surface area is 134 Å². The third-order valence-electron chi connectivity index (χ3n) is 3.73. The quantitative estimate of drug-likeness (QED) is 0.761. The summed E-state index contributed by atoms with van der Waals surface area (Å²) < 4.78 is 7.52. The Balaban J connectivity index is 1.66. The van der Waals surface area contributed by atoms with Crippen molar-refractivity contribution >= 4 is 17.4 Å². The van der Waals surface area contributed by atoms with E-state index in [-0.39, 0.29) is 6.10 Å². The number of ether oxygens (including phenoxy) is 1. The normalized spacial score (nSPS) is 17.8. The number of nitrogens with zero attached hydrogens (tertiary/aromatic N) is 5. The zero-order chi connectivity index (χ0) is 15.4. The van der Waals surface area contributed by atoms with Crippen LogP contribution in [-0.2, 0) is 17.0 Å². The van der Waals surface area contributed by atoms with Crippen LogP contribution in [0.3, 0.4) is 0 Å². The Hall–Kier alpha value is -1.60. The Bertz CT molecular complexity index is 609. The van der Waals surface area contributed by atoms with Crippen molar-refractivity contribution in [3.8, 4) is 0 Å². The van der Waals surface area contributed by atoms with Gasteiger partial charge in [-0.3, -0.25) is 0 Å². The summed E-state index contributed by atoms with van der Waals surface area (Å²) >= 11 is 1.67. The number of benzene rings is 1. The molecule has 6 nitrogen and oxygen atoms in total. The minimum atomic E-state index is 0.247. The number of hydrogen-bond donors (Lipinski definition) is 0. The van der Waals surface area contributed by atoms with Gasteiger partial charge in [0.05, 0.1) is 12.6 Å². The molecule has 2 aromatic rings. The maximum atomic E-state index is 5.66. The highest BCUT2D eigenvalue weighted by Crippen LogP contribution is 2.27. The molecule has 1 aliphatic rings. The molecule has 1 fully saturated rings. The van der Waals surface area contributed by atoms with Gasteiger partial charge in [-0.25, -0.2) is 4.68 Å². The fourth-order valence-corrected chi connectivity index (χ4v) is 3.49. The molecule has 3 rings (SSSR count). The van der Waals surface area contributed by atoms with Crippen LogP contribution < -0.4 is 4.90 Å². The van der Waals surface area contributed by atoms with Crippen LogP contribution in [0.1, 0.15) is 18.4 Å². The Morgan fingerprint density at radius 1 is 1.36 bits per heavy atom. The summed E-state index contributed by atoms with van der Waals surface area (Å²) in [6, 6.07) is 8.41. The molecule has 0 aliphatic carbocycles. The minimum absolute atomic E-state index is 0.247. The molecule has 2 heterocycles. The van der Waals surface area contributed by atoms with Gasteiger partial charge in [0, 0.05) is 32.1 Å². The van der Waals surface area contributed by atoms with E-state index in [9.17, 15) is 0 Å². The summed E-state index contributed by atoms with van der Waals surface area (Å²) in [6.45, 7) is 1.59. The molecule has 7 heteroatoms. The molecule has 0 bridgehead atoms. The molecule has 22 heavy (non-hydrogen) atoms. The van der Waals surface area contributed by atoms with E-state index in [0.717, 1.165) is 36.9 Å². The Kier molecular flexibility index (Phi) is 4.94. The number of rotatable bonds is 6. The van der Waals surface area contributed by atoms with Crippen molar-refractivity contribution in [1.29, 1.82) is 0 Å². The van der Waals surface area contributed by atoms with Crippen LogP contribution in [0, 0.1) is 0 Å². The number of aromatic nitrogens is 4. The molecule has 1 aliphatic heterocycles. The van der Waals surface area contributed by atoms with E-state index >= 15 is 0 Å². The van der Waals surface area contributed by atoms with Gasteiger partial charge < -0.3 is 9.64 Å². The van der Waals surface area contributed by atoms with Gasteiger partial charge in [0.15, 0.2) is 0 Å². The summed E-state index contributed by atoms with van der Waals surface area (Å²) in [5, 5.41) is 12.9. The maximum Gasteiger partial charge on any atom is 0.209 e. The van der Waals surface area contributed by atoms with E-state index in [1.165, 1.54) is 11.3 Å². The van der Waals surface area contributed by atoms with Gasteiger partial charge in [0.25, 0.3) is 0 Å². The standard InChI is InChI=1S/C15H21N5OS/c1-19(2)14-8-4-3-6-12(14)11-22-15-16-17-18-20(15)10-13-7-5-9-21-13/h3-4,6,8,13H,5,7,9-11H2,1-2H3. The molecule has 118 valence electrons. The lowest BCUT2D eigenvalue weighted by molar-refractivity contribution is 0.0912. The SMILES string of the molecule is CN(C)c1ccccc1CSc1nnnn1CC1CCCO1. The number of tetrazole rings is 1.